The van der Waals surface area contributed by atoms with Gasteiger partial charge in [-0.25, -0.2) is 0 Å². The van der Waals surface area contributed by atoms with Crippen LogP contribution in [-0.4, -0.2) is 56.1 Å². The van der Waals surface area contributed by atoms with Crippen LogP contribution >= 0.6 is 0 Å². The maximum absolute atomic E-state index is 12.0. The second-order valence-electron chi connectivity index (χ2n) is 5.88. The highest BCUT2D eigenvalue weighted by Crippen LogP contribution is 2.17. The summed E-state index contributed by atoms with van der Waals surface area (Å²) in [4.78, 5) is 24.7. The van der Waals surface area contributed by atoms with E-state index in [0.29, 0.717) is 6.54 Å². The van der Waals surface area contributed by atoms with Crippen molar-refractivity contribution in [3.63, 3.8) is 0 Å². The number of nitrogens with one attached hydrogen (secondary N) is 2. The average molecular weight is 359 g/mol. The molecule has 0 unspecified atom stereocenters. The monoisotopic (exact) mass is 359 g/mol. The molecule has 1 aromatic rings. The summed E-state index contributed by atoms with van der Waals surface area (Å²) in [6.45, 7) is 0.777. The van der Waals surface area contributed by atoms with Gasteiger partial charge in [-0.3, -0.25) is 14.5 Å². The van der Waals surface area contributed by atoms with Crippen LogP contribution in [0.15, 0.2) is 30.3 Å². The van der Waals surface area contributed by atoms with Gasteiger partial charge in [-0.05, 0) is 19.0 Å². The first-order valence-corrected chi connectivity index (χ1v) is 8.05. The third-order valence-electron chi connectivity index (χ3n) is 3.62. The number of hydrogen-bond acceptors (Lipinski definition) is 3. The normalized spacial score (nSPS) is 12.7. The van der Waals surface area contributed by atoms with Crippen molar-refractivity contribution >= 4 is 11.8 Å². The molecule has 0 heterocycles. The van der Waals surface area contributed by atoms with E-state index in [9.17, 15) is 22.8 Å². The van der Waals surface area contributed by atoms with Crippen LogP contribution in [0.2, 0.25) is 0 Å². The van der Waals surface area contributed by atoms with Crippen molar-refractivity contribution < 1.29 is 22.8 Å². The summed E-state index contributed by atoms with van der Waals surface area (Å²) in [5.74, 6) is -0.866. The fourth-order valence-electron chi connectivity index (χ4n) is 2.32. The van der Waals surface area contributed by atoms with Crippen molar-refractivity contribution in [1.29, 1.82) is 0 Å². The standard InChI is InChI=1S/C17H24F3N3O2/c1-3-13(14-7-5-4-6-8-14)9-21-15(24)10-23(2)11-16(25)22-12-17(18,19)20/h4-8,13H,3,9-12H2,1-2H3,(H,21,24)(H,22,25)/t13-/m0/s1. The number of benzene rings is 1. The van der Waals surface area contributed by atoms with Crippen molar-refractivity contribution in [2.24, 2.45) is 0 Å². The molecule has 0 bridgehead atoms. The van der Waals surface area contributed by atoms with E-state index < -0.39 is 18.6 Å². The van der Waals surface area contributed by atoms with Crippen LogP contribution in [0, 0.1) is 0 Å². The van der Waals surface area contributed by atoms with Crippen molar-refractivity contribution in [3.8, 4) is 0 Å². The summed E-state index contributed by atoms with van der Waals surface area (Å²) in [6, 6.07) is 9.79. The third-order valence-corrected chi connectivity index (χ3v) is 3.62. The minimum Gasteiger partial charge on any atom is -0.354 e. The molecule has 0 radical (unpaired) electrons. The maximum atomic E-state index is 12.0. The van der Waals surface area contributed by atoms with Gasteiger partial charge in [-0.2, -0.15) is 13.2 Å². The topological polar surface area (TPSA) is 61.4 Å². The molecule has 0 saturated heterocycles. The van der Waals surface area contributed by atoms with E-state index in [1.54, 1.807) is 5.32 Å². The molecule has 5 nitrogen and oxygen atoms in total. The van der Waals surface area contributed by atoms with Gasteiger partial charge in [0.05, 0.1) is 13.1 Å². The van der Waals surface area contributed by atoms with Crippen LogP contribution < -0.4 is 10.6 Å². The lowest BCUT2D eigenvalue weighted by molar-refractivity contribution is -0.139. The summed E-state index contributed by atoms with van der Waals surface area (Å²) in [6.07, 6.45) is -3.59. The number of halogens is 3. The molecule has 0 fully saturated rings. The lowest BCUT2D eigenvalue weighted by Gasteiger charge is -2.19. The van der Waals surface area contributed by atoms with Crippen LogP contribution in [-0.2, 0) is 9.59 Å². The zero-order chi connectivity index (χ0) is 18.9. The third kappa shape index (κ3) is 9.09. The molecule has 2 amide bonds. The Balaban J connectivity index is 2.34. The highest BCUT2D eigenvalue weighted by atomic mass is 19.4. The van der Waals surface area contributed by atoms with E-state index in [1.165, 1.54) is 11.9 Å². The molecule has 0 spiro atoms. The number of rotatable bonds is 9. The van der Waals surface area contributed by atoms with Crippen molar-refractivity contribution in [1.82, 2.24) is 15.5 Å². The molecule has 0 saturated carbocycles. The lowest BCUT2D eigenvalue weighted by atomic mass is 9.96. The molecule has 0 aliphatic rings. The van der Waals surface area contributed by atoms with E-state index in [2.05, 4.69) is 5.32 Å². The van der Waals surface area contributed by atoms with Crippen LogP contribution in [0.4, 0.5) is 13.2 Å². The van der Waals surface area contributed by atoms with Crippen LogP contribution in [0.1, 0.15) is 24.8 Å². The second-order valence-corrected chi connectivity index (χ2v) is 5.88. The maximum Gasteiger partial charge on any atom is 0.405 e. The van der Waals surface area contributed by atoms with Crippen molar-refractivity contribution in [3.05, 3.63) is 35.9 Å². The number of carbonyl (C=O) groups is 2. The Labute approximate surface area is 145 Å². The molecule has 0 aliphatic carbocycles. The Bertz CT molecular complexity index is 550. The second kappa shape index (κ2) is 10.0. The van der Waals surface area contributed by atoms with Crippen molar-refractivity contribution in [2.75, 3.05) is 33.2 Å². The lowest BCUT2D eigenvalue weighted by Crippen LogP contribution is -2.43. The molecular formula is C17H24F3N3O2. The van der Waals surface area contributed by atoms with Gasteiger partial charge in [-0.1, -0.05) is 37.3 Å². The van der Waals surface area contributed by atoms with Gasteiger partial charge in [0.25, 0.3) is 0 Å². The highest BCUT2D eigenvalue weighted by Gasteiger charge is 2.27. The molecule has 25 heavy (non-hydrogen) atoms. The number of likely N-dealkylation sites (N-methyl/N-ethyl adjacent to an activating group) is 1. The summed E-state index contributed by atoms with van der Waals surface area (Å²) >= 11 is 0. The van der Waals surface area contributed by atoms with E-state index in [0.717, 1.165) is 12.0 Å². The number of amides is 2. The molecule has 0 aromatic heterocycles. The Kier molecular flexibility index (Phi) is 8.40. The largest absolute Gasteiger partial charge is 0.405 e. The highest BCUT2D eigenvalue weighted by molar-refractivity contribution is 5.81. The number of hydrogen-bond donors (Lipinski definition) is 2. The first-order valence-electron chi connectivity index (χ1n) is 8.05. The van der Waals surface area contributed by atoms with E-state index >= 15 is 0 Å². The SMILES string of the molecule is CC[C@@H](CNC(=O)CN(C)CC(=O)NCC(F)(F)F)c1ccccc1. The Hall–Kier alpha value is -2.09. The summed E-state index contributed by atoms with van der Waals surface area (Å²) in [7, 11) is 1.50. The summed E-state index contributed by atoms with van der Waals surface area (Å²) in [5, 5.41) is 4.57. The zero-order valence-corrected chi connectivity index (χ0v) is 14.4. The van der Waals surface area contributed by atoms with Gasteiger partial charge in [-0.15, -0.1) is 0 Å². The summed E-state index contributed by atoms with van der Waals surface area (Å²) in [5.41, 5.74) is 1.13. The first kappa shape index (κ1) is 21.0. The Morgan fingerprint density at radius 3 is 2.16 bits per heavy atom. The minimum atomic E-state index is -4.45. The molecule has 1 aromatic carbocycles. The van der Waals surface area contributed by atoms with Gasteiger partial charge in [0.15, 0.2) is 0 Å². The van der Waals surface area contributed by atoms with E-state index in [-0.39, 0.29) is 24.9 Å². The predicted molar refractivity (Wildman–Crippen MR) is 89.0 cm³/mol. The zero-order valence-electron chi connectivity index (χ0n) is 14.4. The molecule has 140 valence electrons. The smallest absolute Gasteiger partial charge is 0.354 e. The van der Waals surface area contributed by atoms with Gasteiger partial charge >= 0.3 is 6.18 Å². The Morgan fingerprint density at radius 1 is 1.08 bits per heavy atom. The Morgan fingerprint density at radius 2 is 1.64 bits per heavy atom. The van der Waals surface area contributed by atoms with Crippen LogP contribution in [0.5, 0.6) is 0 Å². The molecule has 2 N–H and O–H groups in total. The van der Waals surface area contributed by atoms with E-state index in [4.69, 9.17) is 0 Å². The van der Waals surface area contributed by atoms with Crippen LogP contribution in [0.25, 0.3) is 0 Å². The van der Waals surface area contributed by atoms with Gasteiger partial charge in [0.1, 0.15) is 6.54 Å². The minimum absolute atomic E-state index is 0.0648. The molecule has 0 aliphatic heterocycles. The molecule has 1 atom stereocenters. The van der Waals surface area contributed by atoms with Gasteiger partial charge in [0.2, 0.25) is 11.8 Å². The molecular weight excluding hydrogens is 335 g/mol. The first-order chi connectivity index (χ1) is 11.7. The van der Waals surface area contributed by atoms with Crippen LogP contribution in [0.3, 0.4) is 0 Å². The number of alkyl halides is 3. The van der Waals surface area contributed by atoms with Gasteiger partial charge < -0.3 is 10.6 Å². The fourth-order valence-corrected chi connectivity index (χ4v) is 2.32. The fraction of sp³-hybridized carbons (Fsp3) is 0.529. The van der Waals surface area contributed by atoms with E-state index in [1.807, 2.05) is 37.3 Å². The average Bonchev–Trinajstić information content (AvgIpc) is 2.53. The molecule has 1 rings (SSSR count). The molecule has 8 heteroatoms. The van der Waals surface area contributed by atoms with Gasteiger partial charge in [0, 0.05) is 12.5 Å². The quantitative estimate of drug-likeness (QED) is 0.708. The van der Waals surface area contributed by atoms with Crippen molar-refractivity contribution in [2.45, 2.75) is 25.4 Å². The number of nitrogens with zero attached hydrogens (tertiary/aromatic N) is 1. The predicted octanol–water partition coefficient (Wildman–Crippen LogP) is 1.91. The number of carbonyl (C=O) groups excluding carboxylic acids is 2. The summed E-state index contributed by atoms with van der Waals surface area (Å²) < 4.78 is 36.1.